The zero-order chi connectivity index (χ0) is 13.8. The fourth-order valence-corrected chi connectivity index (χ4v) is 2.48. The summed E-state index contributed by atoms with van der Waals surface area (Å²) in [5.74, 6) is 0.814. The van der Waals surface area contributed by atoms with Gasteiger partial charge in [-0.25, -0.2) is 4.98 Å². The molecule has 0 unspecified atom stereocenters. The average molecular weight is 281 g/mol. The van der Waals surface area contributed by atoms with Crippen molar-refractivity contribution in [2.24, 2.45) is 0 Å². The van der Waals surface area contributed by atoms with Gasteiger partial charge in [0.25, 0.3) is 0 Å². The maximum absolute atomic E-state index is 4.39. The summed E-state index contributed by atoms with van der Waals surface area (Å²) in [5.41, 5.74) is 2.13. The van der Waals surface area contributed by atoms with Crippen molar-refractivity contribution in [3.05, 3.63) is 67.0 Å². The van der Waals surface area contributed by atoms with Crippen LogP contribution in [-0.4, -0.2) is 15.8 Å². The van der Waals surface area contributed by atoms with Crippen LogP contribution in [0.3, 0.4) is 0 Å². The fourth-order valence-electron chi connectivity index (χ4n) is 2.02. The van der Waals surface area contributed by atoms with Crippen LogP contribution in [0.25, 0.3) is 5.69 Å². The van der Waals surface area contributed by atoms with Crippen LogP contribution < -0.4 is 5.32 Å². The Balaban J connectivity index is 1.90. The van der Waals surface area contributed by atoms with Gasteiger partial charge in [0.05, 0.1) is 0 Å². The van der Waals surface area contributed by atoms with E-state index < -0.39 is 0 Å². The van der Waals surface area contributed by atoms with E-state index in [1.54, 1.807) is 18.0 Å². The average Bonchev–Trinajstić information content (AvgIpc) is 2.96. The Morgan fingerprint density at radius 2 is 1.90 bits per heavy atom. The minimum Gasteiger partial charge on any atom is -0.325 e. The first-order valence-corrected chi connectivity index (χ1v) is 7.59. The first-order valence-electron chi connectivity index (χ1n) is 6.36. The van der Waals surface area contributed by atoms with Crippen LogP contribution in [0.15, 0.2) is 71.9 Å². The van der Waals surface area contributed by atoms with Gasteiger partial charge in [-0.15, -0.1) is 11.8 Å². The summed E-state index contributed by atoms with van der Waals surface area (Å²) in [5, 5.41) is 3.36. The third-order valence-electron chi connectivity index (χ3n) is 3.00. The molecule has 0 bridgehead atoms. The van der Waals surface area contributed by atoms with Crippen LogP contribution in [0.5, 0.6) is 0 Å². The second-order valence-corrected chi connectivity index (χ2v) is 5.19. The molecule has 0 fully saturated rings. The first-order chi connectivity index (χ1) is 9.86. The maximum atomic E-state index is 4.39. The van der Waals surface area contributed by atoms with E-state index in [2.05, 4.69) is 40.8 Å². The summed E-state index contributed by atoms with van der Waals surface area (Å²) >= 11 is 1.73. The van der Waals surface area contributed by atoms with Crippen molar-refractivity contribution in [1.82, 2.24) is 9.55 Å². The van der Waals surface area contributed by atoms with E-state index in [4.69, 9.17) is 0 Å². The predicted octanol–water partition coefficient (Wildman–Crippen LogP) is 4.34. The number of nitrogens with zero attached hydrogens (tertiary/aromatic N) is 2. The van der Waals surface area contributed by atoms with Gasteiger partial charge < -0.3 is 5.32 Å². The fraction of sp³-hybridized carbons (Fsp3) is 0.0625. The highest BCUT2D eigenvalue weighted by atomic mass is 32.2. The number of hydrogen-bond acceptors (Lipinski definition) is 3. The van der Waals surface area contributed by atoms with Gasteiger partial charge in [0.1, 0.15) is 0 Å². The van der Waals surface area contributed by atoms with E-state index in [-0.39, 0.29) is 0 Å². The lowest BCUT2D eigenvalue weighted by molar-refractivity contribution is 1.06. The van der Waals surface area contributed by atoms with Crippen LogP contribution in [-0.2, 0) is 0 Å². The van der Waals surface area contributed by atoms with Crippen LogP contribution >= 0.6 is 11.8 Å². The number of aromatic nitrogens is 2. The summed E-state index contributed by atoms with van der Waals surface area (Å²) in [7, 11) is 0. The largest absolute Gasteiger partial charge is 0.325 e. The number of hydrogen-bond donors (Lipinski definition) is 1. The van der Waals surface area contributed by atoms with Crippen molar-refractivity contribution in [2.45, 2.75) is 4.90 Å². The van der Waals surface area contributed by atoms with E-state index in [9.17, 15) is 0 Å². The molecule has 0 aliphatic carbocycles. The third-order valence-corrected chi connectivity index (χ3v) is 3.73. The lowest BCUT2D eigenvalue weighted by atomic mass is 10.3. The molecule has 0 saturated heterocycles. The molecule has 0 radical (unpaired) electrons. The van der Waals surface area contributed by atoms with E-state index in [0.29, 0.717) is 0 Å². The van der Waals surface area contributed by atoms with E-state index in [0.717, 1.165) is 17.3 Å². The van der Waals surface area contributed by atoms with Crippen LogP contribution in [0.2, 0.25) is 0 Å². The zero-order valence-corrected chi connectivity index (χ0v) is 12.0. The zero-order valence-electron chi connectivity index (χ0n) is 11.2. The Kier molecular flexibility index (Phi) is 3.74. The number of anilines is 2. The van der Waals surface area contributed by atoms with Crippen molar-refractivity contribution in [2.75, 3.05) is 11.6 Å². The third kappa shape index (κ3) is 2.70. The van der Waals surface area contributed by atoms with Gasteiger partial charge in [-0.1, -0.05) is 24.3 Å². The van der Waals surface area contributed by atoms with E-state index in [1.807, 2.05) is 41.1 Å². The van der Waals surface area contributed by atoms with Crippen LogP contribution in [0.4, 0.5) is 11.6 Å². The maximum Gasteiger partial charge on any atom is 0.212 e. The Hall–Kier alpha value is -2.20. The molecule has 0 aliphatic rings. The van der Waals surface area contributed by atoms with Crippen LogP contribution in [0.1, 0.15) is 0 Å². The van der Waals surface area contributed by atoms with Crippen molar-refractivity contribution in [3.8, 4) is 5.69 Å². The standard InChI is InChI=1S/C16H15N3S/c1-20-15-9-5-6-13(12-15)18-16-17-10-11-19(16)14-7-3-2-4-8-14/h2-12H,1H3,(H,17,18). The van der Waals surface area contributed by atoms with Crippen molar-refractivity contribution >= 4 is 23.4 Å². The predicted molar refractivity (Wildman–Crippen MR) is 85.1 cm³/mol. The number of para-hydroxylation sites is 1. The molecule has 100 valence electrons. The molecule has 1 N–H and O–H groups in total. The molecule has 1 aromatic heterocycles. The molecular formula is C16H15N3S. The molecule has 1 heterocycles. The minimum absolute atomic E-state index is 0.814. The highest BCUT2D eigenvalue weighted by molar-refractivity contribution is 7.98. The van der Waals surface area contributed by atoms with Gasteiger partial charge in [0, 0.05) is 28.7 Å². The summed E-state index contributed by atoms with van der Waals surface area (Å²) in [6, 6.07) is 18.5. The lowest BCUT2D eigenvalue weighted by Gasteiger charge is -2.10. The second-order valence-electron chi connectivity index (χ2n) is 4.31. The Morgan fingerprint density at radius 1 is 1.05 bits per heavy atom. The monoisotopic (exact) mass is 281 g/mol. The number of rotatable bonds is 4. The molecule has 0 amide bonds. The van der Waals surface area contributed by atoms with Gasteiger partial charge in [0.2, 0.25) is 5.95 Å². The molecule has 20 heavy (non-hydrogen) atoms. The molecule has 3 aromatic rings. The first kappa shape index (κ1) is 12.8. The molecule has 0 spiro atoms. The highest BCUT2D eigenvalue weighted by Gasteiger charge is 2.05. The van der Waals surface area contributed by atoms with Gasteiger partial charge >= 0.3 is 0 Å². The molecular weight excluding hydrogens is 266 g/mol. The quantitative estimate of drug-likeness (QED) is 0.722. The number of benzene rings is 2. The smallest absolute Gasteiger partial charge is 0.212 e. The van der Waals surface area contributed by atoms with Crippen LogP contribution in [0, 0.1) is 0 Å². The molecule has 0 aliphatic heterocycles. The number of nitrogens with one attached hydrogen (secondary N) is 1. The molecule has 3 nitrogen and oxygen atoms in total. The topological polar surface area (TPSA) is 29.9 Å². The summed E-state index contributed by atoms with van der Waals surface area (Å²) in [4.78, 5) is 5.62. The summed E-state index contributed by atoms with van der Waals surface area (Å²) < 4.78 is 2.03. The summed E-state index contributed by atoms with van der Waals surface area (Å²) in [6.07, 6.45) is 5.83. The minimum atomic E-state index is 0.814. The molecule has 2 aromatic carbocycles. The normalized spacial score (nSPS) is 10.4. The highest BCUT2D eigenvalue weighted by Crippen LogP contribution is 2.23. The van der Waals surface area contributed by atoms with E-state index >= 15 is 0 Å². The van der Waals surface area contributed by atoms with E-state index in [1.165, 1.54) is 4.90 Å². The van der Waals surface area contributed by atoms with Crippen molar-refractivity contribution in [3.63, 3.8) is 0 Å². The van der Waals surface area contributed by atoms with Gasteiger partial charge in [-0.3, -0.25) is 4.57 Å². The van der Waals surface area contributed by atoms with Gasteiger partial charge in [-0.2, -0.15) is 0 Å². The molecule has 0 saturated carbocycles. The number of thioether (sulfide) groups is 1. The Labute approximate surface area is 122 Å². The SMILES string of the molecule is CSc1cccc(Nc2nccn2-c2ccccc2)c1. The molecule has 3 rings (SSSR count). The second kappa shape index (κ2) is 5.84. The molecule has 0 atom stereocenters. The Morgan fingerprint density at radius 3 is 2.70 bits per heavy atom. The lowest BCUT2D eigenvalue weighted by Crippen LogP contribution is -2.00. The Bertz CT molecular complexity index is 692. The number of imidazole rings is 1. The van der Waals surface area contributed by atoms with Gasteiger partial charge in [0.15, 0.2) is 0 Å². The van der Waals surface area contributed by atoms with Crippen molar-refractivity contribution < 1.29 is 0 Å². The summed E-state index contributed by atoms with van der Waals surface area (Å²) in [6.45, 7) is 0. The molecule has 4 heteroatoms. The van der Waals surface area contributed by atoms with Crippen molar-refractivity contribution in [1.29, 1.82) is 0 Å². The van der Waals surface area contributed by atoms with Gasteiger partial charge in [-0.05, 0) is 36.6 Å².